The van der Waals surface area contributed by atoms with Gasteiger partial charge in [0.05, 0.1) is 18.8 Å². The van der Waals surface area contributed by atoms with E-state index in [0.29, 0.717) is 23.1 Å². The fourth-order valence-corrected chi connectivity index (χ4v) is 4.55. The van der Waals surface area contributed by atoms with Gasteiger partial charge in [0.1, 0.15) is 0 Å². The van der Waals surface area contributed by atoms with Crippen LogP contribution in [-0.2, 0) is 4.74 Å². The summed E-state index contributed by atoms with van der Waals surface area (Å²) in [6, 6.07) is 0.315. The molecule has 144 valence electrons. The van der Waals surface area contributed by atoms with E-state index in [1.54, 1.807) is 11.8 Å². The Bertz CT molecular complexity index is 458. The molecule has 1 rings (SSSR count). The maximum Gasteiger partial charge on any atom is 0.0594 e. The SMILES string of the molecule is C=CN(CC)/C(=C(/C)C(SC=N)[C@H](C)C(C)C)C(C)N1CCOCC1. The average molecular weight is 368 g/mol. The first-order valence-electron chi connectivity index (χ1n) is 9.44. The third-order valence-corrected chi connectivity index (χ3v) is 6.65. The van der Waals surface area contributed by atoms with E-state index in [-0.39, 0.29) is 0 Å². The molecule has 1 aliphatic heterocycles. The molecule has 1 saturated heterocycles. The van der Waals surface area contributed by atoms with Gasteiger partial charge in [0.15, 0.2) is 0 Å². The molecular weight excluding hydrogens is 330 g/mol. The van der Waals surface area contributed by atoms with E-state index < -0.39 is 0 Å². The molecule has 2 unspecified atom stereocenters. The highest BCUT2D eigenvalue weighted by Gasteiger charge is 2.30. The lowest BCUT2D eigenvalue weighted by Gasteiger charge is -2.40. The van der Waals surface area contributed by atoms with Crippen LogP contribution in [0.5, 0.6) is 0 Å². The lowest BCUT2D eigenvalue weighted by Crippen LogP contribution is -2.46. The van der Waals surface area contributed by atoms with E-state index in [9.17, 15) is 0 Å². The Morgan fingerprint density at radius 2 is 1.88 bits per heavy atom. The van der Waals surface area contributed by atoms with Gasteiger partial charge < -0.3 is 15.0 Å². The number of morpholine rings is 1. The van der Waals surface area contributed by atoms with Gasteiger partial charge in [0.2, 0.25) is 0 Å². The molecular formula is C20H37N3OS. The van der Waals surface area contributed by atoms with Gasteiger partial charge in [-0.15, -0.1) is 11.8 Å². The Labute approximate surface area is 159 Å². The van der Waals surface area contributed by atoms with Crippen LogP contribution in [0.1, 0.15) is 41.5 Å². The summed E-state index contributed by atoms with van der Waals surface area (Å²) < 4.78 is 5.53. The van der Waals surface area contributed by atoms with E-state index in [2.05, 4.69) is 57.9 Å². The molecule has 3 atom stereocenters. The summed E-state index contributed by atoms with van der Waals surface area (Å²) in [5.41, 5.74) is 4.20. The number of hydrogen-bond donors (Lipinski definition) is 1. The second kappa shape index (κ2) is 11.0. The van der Waals surface area contributed by atoms with Crippen LogP contribution >= 0.6 is 11.8 Å². The van der Waals surface area contributed by atoms with Gasteiger partial charge in [-0.25, -0.2) is 0 Å². The fourth-order valence-electron chi connectivity index (χ4n) is 3.52. The Kier molecular flexibility index (Phi) is 9.83. The first-order valence-corrected chi connectivity index (χ1v) is 10.4. The molecule has 1 fully saturated rings. The standard InChI is InChI=1S/C20H37N3OS/c1-8-22(9-2)19(18(7)23-10-12-24-13-11-23)17(6)20(25-14-21)16(5)15(3)4/h8,14-16,18,20-21H,1,9-13H2,2-7H3/b19-17-,21-14?/t16-,18?,20?/m1/s1. The highest BCUT2D eigenvalue weighted by molar-refractivity contribution is 8.12. The number of rotatable bonds is 10. The minimum Gasteiger partial charge on any atom is -0.379 e. The van der Waals surface area contributed by atoms with Gasteiger partial charge in [-0.3, -0.25) is 4.90 Å². The van der Waals surface area contributed by atoms with Gasteiger partial charge in [-0.2, -0.15) is 0 Å². The third-order valence-electron chi connectivity index (χ3n) is 5.43. The topological polar surface area (TPSA) is 39.6 Å². The van der Waals surface area contributed by atoms with Gasteiger partial charge in [0.25, 0.3) is 0 Å². The number of nitrogens with one attached hydrogen (secondary N) is 1. The van der Waals surface area contributed by atoms with Crippen LogP contribution in [-0.4, -0.2) is 59.5 Å². The minimum absolute atomic E-state index is 0.310. The van der Waals surface area contributed by atoms with Gasteiger partial charge in [-0.05, 0) is 44.4 Å². The largest absolute Gasteiger partial charge is 0.379 e. The van der Waals surface area contributed by atoms with Crippen molar-refractivity contribution in [3.05, 3.63) is 24.0 Å². The van der Waals surface area contributed by atoms with Gasteiger partial charge in [0, 0.05) is 36.6 Å². The molecule has 4 nitrogen and oxygen atoms in total. The van der Waals surface area contributed by atoms with Crippen molar-refractivity contribution in [2.75, 3.05) is 32.8 Å². The van der Waals surface area contributed by atoms with Crippen LogP contribution in [0, 0.1) is 17.2 Å². The molecule has 1 heterocycles. The van der Waals surface area contributed by atoms with Crippen LogP contribution in [0.2, 0.25) is 0 Å². The van der Waals surface area contributed by atoms with Crippen molar-refractivity contribution in [2.24, 2.45) is 11.8 Å². The van der Waals surface area contributed by atoms with E-state index in [1.807, 2.05) is 6.20 Å². The molecule has 1 N–H and O–H groups in total. The first kappa shape index (κ1) is 22.3. The van der Waals surface area contributed by atoms with Crippen LogP contribution in [0.15, 0.2) is 24.0 Å². The second-order valence-electron chi connectivity index (χ2n) is 7.14. The smallest absolute Gasteiger partial charge is 0.0594 e. The van der Waals surface area contributed by atoms with Crippen molar-refractivity contribution in [3.8, 4) is 0 Å². The molecule has 0 aromatic carbocycles. The molecule has 0 aliphatic carbocycles. The summed E-state index contributed by atoms with van der Waals surface area (Å²) in [7, 11) is 0. The van der Waals surface area contributed by atoms with Crippen molar-refractivity contribution >= 4 is 17.3 Å². The molecule has 1 aliphatic rings. The molecule has 0 radical (unpaired) electrons. The molecule has 0 saturated carbocycles. The summed E-state index contributed by atoms with van der Waals surface area (Å²) >= 11 is 1.63. The maximum absolute atomic E-state index is 7.66. The zero-order valence-corrected chi connectivity index (χ0v) is 17.7. The Balaban J connectivity index is 3.30. The van der Waals surface area contributed by atoms with Crippen molar-refractivity contribution in [1.29, 1.82) is 5.41 Å². The van der Waals surface area contributed by atoms with Crippen LogP contribution < -0.4 is 0 Å². The van der Waals surface area contributed by atoms with E-state index in [1.165, 1.54) is 16.8 Å². The number of ether oxygens (including phenoxy) is 1. The van der Waals surface area contributed by atoms with E-state index in [4.69, 9.17) is 10.1 Å². The predicted octanol–water partition coefficient (Wildman–Crippen LogP) is 4.45. The van der Waals surface area contributed by atoms with Crippen molar-refractivity contribution in [3.63, 3.8) is 0 Å². The molecule has 0 spiro atoms. The van der Waals surface area contributed by atoms with Crippen LogP contribution in [0.25, 0.3) is 0 Å². The van der Waals surface area contributed by atoms with Crippen LogP contribution in [0.4, 0.5) is 0 Å². The number of hydrogen-bond acceptors (Lipinski definition) is 5. The highest BCUT2D eigenvalue weighted by Crippen LogP contribution is 2.34. The lowest BCUT2D eigenvalue weighted by atomic mass is 9.88. The Hall–Kier alpha value is -0.780. The number of thioether (sulfide) groups is 1. The quantitative estimate of drug-likeness (QED) is 0.457. The van der Waals surface area contributed by atoms with E-state index in [0.717, 1.165) is 32.8 Å². The molecule has 0 aromatic rings. The van der Waals surface area contributed by atoms with Crippen molar-refractivity contribution in [2.45, 2.75) is 52.8 Å². The zero-order valence-electron chi connectivity index (χ0n) is 16.9. The number of nitrogens with zero attached hydrogens (tertiary/aromatic N) is 2. The monoisotopic (exact) mass is 367 g/mol. The van der Waals surface area contributed by atoms with Crippen molar-refractivity contribution in [1.82, 2.24) is 9.80 Å². The summed E-state index contributed by atoms with van der Waals surface area (Å²) in [5, 5.41) is 7.97. The molecule has 0 amide bonds. The summed E-state index contributed by atoms with van der Waals surface area (Å²) in [5.74, 6) is 1.08. The van der Waals surface area contributed by atoms with Gasteiger partial charge >= 0.3 is 0 Å². The Morgan fingerprint density at radius 1 is 1.28 bits per heavy atom. The Morgan fingerprint density at radius 3 is 2.32 bits per heavy atom. The average Bonchev–Trinajstić information content (AvgIpc) is 2.63. The summed E-state index contributed by atoms with van der Waals surface area (Å²) in [6.45, 7) is 22.0. The summed E-state index contributed by atoms with van der Waals surface area (Å²) in [6.07, 6.45) is 1.95. The van der Waals surface area contributed by atoms with Crippen molar-refractivity contribution < 1.29 is 4.74 Å². The summed E-state index contributed by atoms with van der Waals surface area (Å²) in [4.78, 5) is 4.78. The normalized spacial score (nSPS) is 20.6. The molecule has 5 heteroatoms. The number of likely N-dealkylation sites (N-methyl/N-ethyl adjacent to an activating group) is 1. The third kappa shape index (κ3) is 5.87. The zero-order chi connectivity index (χ0) is 19.0. The molecule has 25 heavy (non-hydrogen) atoms. The molecule has 0 bridgehead atoms. The first-order chi connectivity index (χ1) is 11.9. The van der Waals surface area contributed by atoms with Gasteiger partial charge in [-0.1, -0.05) is 27.4 Å². The fraction of sp³-hybridized carbons (Fsp3) is 0.750. The lowest BCUT2D eigenvalue weighted by molar-refractivity contribution is 0.0229. The maximum atomic E-state index is 7.66. The van der Waals surface area contributed by atoms with E-state index >= 15 is 0 Å². The van der Waals surface area contributed by atoms with Crippen LogP contribution in [0.3, 0.4) is 0 Å². The predicted molar refractivity (Wildman–Crippen MR) is 111 cm³/mol. The second-order valence-corrected chi connectivity index (χ2v) is 8.15. The highest BCUT2D eigenvalue weighted by atomic mass is 32.2. The minimum atomic E-state index is 0.310. The molecule has 0 aromatic heterocycles.